The van der Waals surface area contributed by atoms with Crippen LogP contribution >= 0.6 is 11.8 Å². The molecule has 1 fully saturated rings. The van der Waals surface area contributed by atoms with Crippen molar-refractivity contribution >= 4 is 28.7 Å². The largest absolute Gasteiger partial charge is 0.493 e. The van der Waals surface area contributed by atoms with Crippen LogP contribution in [0.2, 0.25) is 0 Å². The third kappa shape index (κ3) is 4.12. The maximum atomic E-state index is 12.4. The molecule has 2 aliphatic rings. The molecule has 2 amide bonds. The van der Waals surface area contributed by atoms with E-state index < -0.39 is 0 Å². The highest BCUT2D eigenvalue weighted by atomic mass is 32.2. The summed E-state index contributed by atoms with van der Waals surface area (Å²) in [6.45, 7) is 0.291. The summed E-state index contributed by atoms with van der Waals surface area (Å²) in [5.41, 5.74) is 0.807. The van der Waals surface area contributed by atoms with Crippen molar-refractivity contribution in [3.63, 3.8) is 0 Å². The van der Waals surface area contributed by atoms with Gasteiger partial charge < -0.3 is 14.2 Å². The molecule has 0 saturated heterocycles. The van der Waals surface area contributed by atoms with Crippen molar-refractivity contribution in [1.29, 1.82) is 0 Å². The zero-order valence-electron chi connectivity index (χ0n) is 15.1. The molecule has 1 aromatic carbocycles. The van der Waals surface area contributed by atoms with Gasteiger partial charge in [-0.25, -0.2) is 0 Å². The third-order valence-corrected chi connectivity index (χ3v) is 5.47. The molecule has 1 saturated carbocycles. The van der Waals surface area contributed by atoms with E-state index in [9.17, 15) is 9.59 Å². The van der Waals surface area contributed by atoms with Crippen LogP contribution in [0.25, 0.3) is 0 Å². The molecule has 0 N–H and O–H groups in total. The molecule has 0 atom stereocenters. The Labute approximate surface area is 156 Å². The smallest absolute Gasteiger partial charge is 0.257 e. The fourth-order valence-corrected chi connectivity index (χ4v) is 3.90. The maximum Gasteiger partial charge on any atom is 0.257 e. The summed E-state index contributed by atoms with van der Waals surface area (Å²) < 4.78 is 16.1. The Kier molecular flexibility index (Phi) is 5.70. The molecule has 8 heteroatoms. The van der Waals surface area contributed by atoms with Crippen LogP contribution in [-0.2, 0) is 16.1 Å². The van der Waals surface area contributed by atoms with E-state index in [1.54, 1.807) is 38.4 Å². The van der Waals surface area contributed by atoms with Gasteiger partial charge in [-0.3, -0.25) is 14.5 Å². The fourth-order valence-electron chi connectivity index (χ4n) is 2.69. The normalized spacial score (nSPS) is 17.2. The first-order chi connectivity index (χ1) is 12.5. The molecule has 3 rings (SSSR count). The topological polar surface area (TPSA) is 77.4 Å². The van der Waals surface area contributed by atoms with Crippen molar-refractivity contribution in [3.05, 3.63) is 17.7 Å². The van der Waals surface area contributed by atoms with Gasteiger partial charge in [-0.15, -0.1) is 0 Å². The van der Waals surface area contributed by atoms with E-state index in [1.165, 1.54) is 24.6 Å². The van der Waals surface area contributed by atoms with Crippen LogP contribution in [0, 0.1) is 5.92 Å². The van der Waals surface area contributed by atoms with Crippen molar-refractivity contribution in [1.82, 2.24) is 4.90 Å². The molecule has 1 heterocycles. The lowest BCUT2D eigenvalue weighted by atomic mass is 10.1. The number of benzene rings is 1. The van der Waals surface area contributed by atoms with Crippen molar-refractivity contribution in [3.8, 4) is 17.2 Å². The monoisotopic (exact) mass is 378 g/mol. The lowest BCUT2D eigenvalue weighted by Crippen LogP contribution is -2.40. The van der Waals surface area contributed by atoms with Gasteiger partial charge in [0.2, 0.25) is 11.7 Å². The number of carbonyl (C=O) groups excluding carboxylic acids is 2. The summed E-state index contributed by atoms with van der Waals surface area (Å²) in [5.74, 6) is 2.46. The zero-order valence-corrected chi connectivity index (χ0v) is 15.9. The Morgan fingerprint density at radius 2 is 1.77 bits per heavy atom. The van der Waals surface area contributed by atoms with E-state index in [1.807, 2.05) is 0 Å². The second-order valence-corrected chi connectivity index (χ2v) is 7.22. The molecule has 7 nitrogen and oxygen atoms in total. The van der Waals surface area contributed by atoms with Gasteiger partial charge >= 0.3 is 0 Å². The minimum absolute atomic E-state index is 0.197. The minimum Gasteiger partial charge on any atom is -0.493 e. The Bertz CT molecular complexity index is 720. The highest BCUT2D eigenvalue weighted by Crippen LogP contribution is 2.39. The molecule has 0 bridgehead atoms. The number of methoxy groups -OCH3 is 3. The van der Waals surface area contributed by atoms with E-state index in [2.05, 4.69) is 4.99 Å². The molecule has 0 unspecified atom stereocenters. The fraction of sp³-hybridized carbons (Fsp3) is 0.500. The molecule has 26 heavy (non-hydrogen) atoms. The summed E-state index contributed by atoms with van der Waals surface area (Å²) in [4.78, 5) is 29.8. The molecule has 1 aliphatic carbocycles. The van der Waals surface area contributed by atoms with Gasteiger partial charge in [-0.1, -0.05) is 11.8 Å². The van der Waals surface area contributed by atoms with E-state index in [0.717, 1.165) is 11.3 Å². The van der Waals surface area contributed by atoms with Crippen LogP contribution < -0.4 is 14.2 Å². The number of rotatable bonds is 7. The third-order valence-electron chi connectivity index (χ3n) is 4.27. The SMILES string of the molecule is COc1cc(CN2C(=O)CC(=O)N=C2SCC2CC2)cc(OC)c1OC. The van der Waals surface area contributed by atoms with Crippen LogP contribution in [0.5, 0.6) is 17.2 Å². The number of hydrogen-bond acceptors (Lipinski definition) is 6. The lowest BCUT2D eigenvalue weighted by molar-refractivity contribution is -0.133. The standard InChI is InChI=1S/C18H22N2O5S/c1-23-13-6-12(7-14(24-2)17(13)25-3)9-20-16(22)8-15(21)19-18(20)26-10-11-4-5-11/h6-7,11H,4-5,8-10H2,1-3H3. The van der Waals surface area contributed by atoms with Gasteiger partial charge in [0, 0.05) is 5.75 Å². The zero-order chi connectivity index (χ0) is 18.7. The molecular weight excluding hydrogens is 356 g/mol. The lowest BCUT2D eigenvalue weighted by Gasteiger charge is -2.27. The molecule has 0 radical (unpaired) electrons. The number of nitrogens with zero attached hydrogens (tertiary/aromatic N) is 2. The first kappa shape index (κ1) is 18.6. The summed E-state index contributed by atoms with van der Waals surface area (Å²) in [6, 6.07) is 3.60. The van der Waals surface area contributed by atoms with Gasteiger partial charge in [-0.2, -0.15) is 4.99 Å². The van der Waals surface area contributed by atoms with Gasteiger partial charge in [0.25, 0.3) is 5.91 Å². The Morgan fingerprint density at radius 1 is 1.12 bits per heavy atom. The predicted octanol–water partition coefficient (Wildman–Crippen LogP) is 2.47. The van der Waals surface area contributed by atoms with Crippen LogP contribution in [-0.4, -0.2) is 49.0 Å². The van der Waals surface area contributed by atoms with E-state index >= 15 is 0 Å². The Balaban J connectivity index is 1.85. The van der Waals surface area contributed by atoms with Crippen LogP contribution in [0.15, 0.2) is 17.1 Å². The summed E-state index contributed by atoms with van der Waals surface area (Å²) in [6.07, 6.45) is 2.21. The predicted molar refractivity (Wildman–Crippen MR) is 98.9 cm³/mol. The first-order valence-electron chi connectivity index (χ1n) is 8.39. The minimum atomic E-state index is -0.380. The summed E-state index contributed by atoms with van der Waals surface area (Å²) >= 11 is 1.48. The molecule has 0 aromatic heterocycles. The molecule has 0 spiro atoms. The van der Waals surface area contributed by atoms with Gasteiger partial charge in [0.15, 0.2) is 16.7 Å². The van der Waals surface area contributed by atoms with Gasteiger partial charge in [0.1, 0.15) is 6.42 Å². The van der Waals surface area contributed by atoms with Gasteiger partial charge in [-0.05, 0) is 36.5 Å². The second-order valence-electron chi connectivity index (χ2n) is 6.23. The van der Waals surface area contributed by atoms with Crippen molar-refractivity contribution in [2.45, 2.75) is 25.8 Å². The number of amides is 2. The molecule has 1 aromatic rings. The molecule has 140 valence electrons. The first-order valence-corrected chi connectivity index (χ1v) is 9.37. The van der Waals surface area contributed by atoms with Crippen molar-refractivity contribution < 1.29 is 23.8 Å². The average molecular weight is 378 g/mol. The quantitative estimate of drug-likeness (QED) is 0.679. The number of amidine groups is 1. The van der Waals surface area contributed by atoms with Crippen LogP contribution in [0.3, 0.4) is 0 Å². The Morgan fingerprint density at radius 3 is 2.31 bits per heavy atom. The number of ether oxygens (including phenoxy) is 3. The van der Waals surface area contributed by atoms with E-state index in [-0.39, 0.29) is 18.2 Å². The number of hydrogen-bond donors (Lipinski definition) is 0. The number of aliphatic imine (C=N–C) groups is 1. The van der Waals surface area contributed by atoms with Crippen LogP contribution in [0.4, 0.5) is 0 Å². The number of thioether (sulfide) groups is 1. The molecular formula is C18H22N2O5S. The van der Waals surface area contributed by atoms with Crippen molar-refractivity contribution in [2.75, 3.05) is 27.1 Å². The average Bonchev–Trinajstić information content (AvgIpc) is 3.45. The summed E-state index contributed by atoms with van der Waals surface area (Å²) in [7, 11) is 4.63. The van der Waals surface area contributed by atoms with E-state index in [0.29, 0.717) is 34.9 Å². The second kappa shape index (κ2) is 7.99. The van der Waals surface area contributed by atoms with Gasteiger partial charge in [0.05, 0.1) is 27.9 Å². The Hall–Kier alpha value is -2.22. The summed E-state index contributed by atoms with van der Waals surface area (Å²) in [5, 5.41) is 0.479. The maximum absolute atomic E-state index is 12.4. The van der Waals surface area contributed by atoms with Crippen LogP contribution in [0.1, 0.15) is 24.8 Å². The molecule has 1 aliphatic heterocycles. The van der Waals surface area contributed by atoms with E-state index in [4.69, 9.17) is 14.2 Å². The highest BCUT2D eigenvalue weighted by molar-refractivity contribution is 8.13. The number of carbonyl (C=O) groups is 2. The highest BCUT2D eigenvalue weighted by Gasteiger charge is 2.31. The van der Waals surface area contributed by atoms with Crippen molar-refractivity contribution in [2.24, 2.45) is 10.9 Å².